The second kappa shape index (κ2) is 26.8. The third-order valence-electron chi connectivity index (χ3n) is 10.4. The first-order chi connectivity index (χ1) is 27.6. The predicted molar refractivity (Wildman–Crippen MR) is 222 cm³/mol. The molecule has 2 rings (SSSR count). The number of aliphatic hydroxyl groups excluding tert-OH is 1. The summed E-state index contributed by atoms with van der Waals surface area (Å²) in [6, 6.07) is 8.42. The van der Waals surface area contributed by atoms with E-state index in [1.165, 1.54) is 6.92 Å². The van der Waals surface area contributed by atoms with Crippen LogP contribution >= 0.6 is 0 Å². The fraction of sp³-hybridized carbons (Fsp3) is 0.605. The third kappa shape index (κ3) is 18.5. The third-order valence-corrected chi connectivity index (χ3v) is 10.4. The van der Waals surface area contributed by atoms with Crippen LogP contribution in [-0.4, -0.2) is 81.9 Å². The van der Waals surface area contributed by atoms with Crippen molar-refractivity contribution >= 4 is 52.2 Å². The minimum absolute atomic E-state index is 0.0154. The molecule has 0 saturated heterocycles. The Balaban J connectivity index is 1.59. The summed E-state index contributed by atoms with van der Waals surface area (Å²) >= 11 is 0. The van der Waals surface area contributed by atoms with E-state index in [0.29, 0.717) is 19.3 Å². The van der Waals surface area contributed by atoms with Gasteiger partial charge < -0.3 is 42.9 Å². The highest BCUT2D eigenvalue weighted by atomic mass is 16.4. The lowest BCUT2D eigenvalue weighted by Crippen LogP contribution is -2.57. The molecule has 2 aromatic rings. The van der Waals surface area contributed by atoms with Crippen LogP contribution in [0.15, 0.2) is 42.5 Å². The highest BCUT2D eigenvalue weighted by molar-refractivity contribution is 5.94. The number of benzene rings is 2. The van der Waals surface area contributed by atoms with Crippen LogP contribution in [0.25, 0.3) is 10.8 Å². The monoisotopic (exact) mass is 810 g/mol. The van der Waals surface area contributed by atoms with Gasteiger partial charge in [-0.1, -0.05) is 127 Å². The molecule has 0 aromatic heterocycles. The molecule has 0 bridgehead atoms. The Bertz CT molecular complexity index is 1650. The standard InChI is InChI=1S/C43H66N6O9/c1-4-28(2)38(40(45)54)49-42(56)39(29(3)50)48-37(53)25-16-14-12-10-8-6-5-7-9-11-13-15-24-36(52)46-33(27-35(44)51)41(55)47-34(43(57)58)26-31-22-19-21-30-20-17-18-23-32(30)31/h17-23,28-29,33-34,38-39,50H,4-16,24-27H2,1-3H3,(H2,44,51)(H2,45,54)(H,46,52)(H,47,55)(H,48,53)(H,49,56)(H,57,58)/t28-,29?,33-,34-,38-,39-/m0/s1. The van der Waals surface area contributed by atoms with Gasteiger partial charge in [0.25, 0.3) is 0 Å². The molecule has 0 fully saturated rings. The van der Waals surface area contributed by atoms with Gasteiger partial charge in [0.15, 0.2) is 0 Å². The summed E-state index contributed by atoms with van der Waals surface area (Å²) < 4.78 is 0. The maximum absolute atomic E-state index is 13.1. The Hall–Kier alpha value is -5.05. The number of hydrogen-bond donors (Lipinski definition) is 8. The number of fused-ring (bicyclic) bond motifs is 1. The van der Waals surface area contributed by atoms with E-state index in [2.05, 4.69) is 21.3 Å². The lowest BCUT2D eigenvalue weighted by molar-refractivity contribution is -0.142. The van der Waals surface area contributed by atoms with Gasteiger partial charge in [0.2, 0.25) is 35.4 Å². The first kappa shape index (κ1) is 49.1. The molecule has 6 atom stereocenters. The fourth-order valence-electron chi connectivity index (χ4n) is 6.80. The Morgan fingerprint density at radius 1 is 0.621 bits per heavy atom. The van der Waals surface area contributed by atoms with Gasteiger partial charge in [-0.05, 0) is 42.0 Å². The van der Waals surface area contributed by atoms with Crippen molar-refractivity contribution in [3.63, 3.8) is 0 Å². The molecule has 0 heterocycles. The molecule has 0 spiro atoms. The van der Waals surface area contributed by atoms with Crippen LogP contribution in [-0.2, 0) is 40.0 Å². The van der Waals surface area contributed by atoms with Gasteiger partial charge in [-0.2, -0.15) is 0 Å². The molecule has 58 heavy (non-hydrogen) atoms. The normalized spacial score (nSPS) is 14.3. The molecule has 1 unspecified atom stereocenters. The second-order valence-corrected chi connectivity index (χ2v) is 15.3. The number of hydrogen-bond acceptors (Lipinski definition) is 8. The number of primary amides is 2. The number of carboxylic acid groups (broad SMARTS) is 1. The summed E-state index contributed by atoms with van der Waals surface area (Å²) in [5.74, 6) is -5.07. The number of aliphatic carboxylic acids is 1. The quantitative estimate of drug-likeness (QED) is 0.0535. The van der Waals surface area contributed by atoms with Gasteiger partial charge in [-0.15, -0.1) is 0 Å². The van der Waals surface area contributed by atoms with Crippen LogP contribution in [0.1, 0.15) is 129 Å². The average Bonchev–Trinajstić information content (AvgIpc) is 3.17. The van der Waals surface area contributed by atoms with E-state index in [0.717, 1.165) is 80.5 Å². The van der Waals surface area contributed by atoms with Crippen LogP contribution in [0.3, 0.4) is 0 Å². The minimum atomic E-state index is -1.29. The smallest absolute Gasteiger partial charge is 0.326 e. The molecule has 0 radical (unpaired) electrons. The van der Waals surface area contributed by atoms with Crippen molar-refractivity contribution in [3.05, 3.63) is 48.0 Å². The average molecular weight is 811 g/mol. The number of carbonyl (C=O) groups excluding carboxylic acids is 6. The number of nitrogens with one attached hydrogen (secondary N) is 4. The molecule has 15 heteroatoms. The number of unbranched alkanes of at least 4 members (excludes halogenated alkanes) is 11. The number of carboxylic acids is 1. The molecule has 0 aliphatic carbocycles. The van der Waals surface area contributed by atoms with Crippen LogP contribution in [0.2, 0.25) is 0 Å². The van der Waals surface area contributed by atoms with E-state index in [4.69, 9.17) is 11.5 Å². The van der Waals surface area contributed by atoms with E-state index >= 15 is 0 Å². The Kier molecular flexibility index (Phi) is 22.7. The number of carbonyl (C=O) groups is 7. The van der Waals surface area contributed by atoms with Crippen molar-refractivity contribution in [1.82, 2.24) is 21.3 Å². The first-order valence-electron chi connectivity index (χ1n) is 20.8. The van der Waals surface area contributed by atoms with Gasteiger partial charge in [0.1, 0.15) is 24.2 Å². The number of aliphatic hydroxyl groups is 1. The summed E-state index contributed by atoms with van der Waals surface area (Å²) in [5.41, 5.74) is 11.5. The second-order valence-electron chi connectivity index (χ2n) is 15.3. The van der Waals surface area contributed by atoms with Crippen molar-refractivity contribution in [1.29, 1.82) is 0 Å². The zero-order valence-electron chi connectivity index (χ0n) is 34.4. The Labute approximate surface area is 342 Å². The Morgan fingerprint density at radius 2 is 1.14 bits per heavy atom. The van der Waals surface area contributed by atoms with Crippen molar-refractivity contribution in [2.24, 2.45) is 17.4 Å². The van der Waals surface area contributed by atoms with E-state index < -0.39 is 72.2 Å². The largest absolute Gasteiger partial charge is 0.480 e. The van der Waals surface area contributed by atoms with Crippen molar-refractivity contribution in [2.75, 3.05) is 0 Å². The van der Waals surface area contributed by atoms with Gasteiger partial charge in [-0.3, -0.25) is 28.8 Å². The summed E-state index contributed by atoms with van der Waals surface area (Å²) in [4.78, 5) is 86.5. The van der Waals surface area contributed by atoms with E-state index in [-0.39, 0.29) is 31.1 Å². The molecular formula is C43H66N6O9. The number of rotatable bonds is 30. The topological polar surface area (TPSA) is 260 Å². The lowest BCUT2D eigenvalue weighted by atomic mass is 9.98. The number of nitrogens with two attached hydrogens (primary N) is 2. The van der Waals surface area contributed by atoms with Crippen molar-refractivity contribution in [3.8, 4) is 0 Å². The number of amides is 6. The van der Waals surface area contributed by atoms with E-state index in [9.17, 15) is 43.8 Å². The van der Waals surface area contributed by atoms with E-state index in [1.54, 1.807) is 13.0 Å². The molecule has 2 aromatic carbocycles. The minimum Gasteiger partial charge on any atom is -0.480 e. The molecular weight excluding hydrogens is 745 g/mol. The van der Waals surface area contributed by atoms with Crippen LogP contribution in [0, 0.1) is 5.92 Å². The van der Waals surface area contributed by atoms with Gasteiger partial charge >= 0.3 is 5.97 Å². The highest BCUT2D eigenvalue weighted by Crippen LogP contribution is 2.20. The van der Waals surface area contributed by atoms with Crippen molar-refractivity contribution in [2.45, 2.75) is 160 Å². The van der Waals surface area contributed by atoms with Crippen LogP contribution < -0.4 is 32.7 Å². The molecule has 322 valence electrons. The predicted octanol–water partition coefficient (Wildman–Crippen LogP) is 3.66. The fourth-order valence-corrected chi connectivity index (χ4v) is 6.80. The maximum atomic E-state index is 13.1. The maximum Gasteiger partial charge on any atom is 0.326 e. The van der Waals surface area contributed by atoms with Crippen LogP contribution in [0.5, 0.6) is 0 Å². The molecule has 10 N–H and O–H groups in total. The highest BCUT2D eigenvalue weighted by Gasteiger charge is 2.31. The SMILES string of the molecule is CC[C@H](C)[C@H](NC(=O)[C@@H](NC(=O)CCCCCCCCCCCCCCC(=O)N[C@@H](CC(N)=O)C(=O)N[C@@H](Cc1cccc2ccccc12)C(=O)O)C(C)O)C(N)=O. The molecule has 15 nitrogen and oxygen atoms in total. The zero-order chi connectivity index (χ0) is 43.0. The zero-order valence-corrected chi connectivity index (χ0v) is 34.4. The van der Waals surface area contributed by atoms with Gasteiger partial charge in [0, 0.05) is 19.3 Å². The summed E-state index contributed by atoms with van der Waals surface area (Å²) in [6.45, 7) is 5.07. The van der Waals surface area contributed by atoms with Gasteiger partial charge in [0.05, 0.1) is 12.5 Å². The summed E-state index contributed by atoms with van der Waals surface area (Å²) in [5, 5.41) is 31.9. The molecule has 0 aliphatic rings. The lowest BCUT2D eigenvalue weighted by Gasteiger charge is -2.26. The Morgan fingerprint density at radius 3 is 1.64 bits per heavy atom. The molecule has 6 amide bonds. The molecule has 0 aliphatic heterocycles. The molecule has 0 saturated carbocycles. The van der Waals surface area contributed by atoms with Crippen molar-refractivity contribution < 1.29 is 43.8 Å². The summed E-state index contributed by atoms with van der Waals surface area (Å²) in [6.07, 6.45) is 10.8. The van der Waals surface area contributed by atoms with Gasteiger partial charge in [-0.25, -0.2) is 4.79 Å². The van der Waals surface area contributed by atoms with Crippen LogP contribution in [0.4, 0.5) is 0 Å². The summed E-state index contributed by atoms with van der Waals surface area (Å²) in [7, 11) is 0. The first-order valence-corrected chi connectivity index (χ1v) is 20.8. The van der Waals surface area contributed by atoms with E-state index in [1.807, 2.05) is 43.3 Å².